The van der Waals surface area contributed by atoms with Crippen LogP contribution in [0, 0.1) is 10.1 Å². The number of carboxylic acid groups (broad SMARTS) is 1. The lowest BCUT2D eigenvalue weighted by Crippen LogP contribution is -2.52. The molecule has 0 spiro atoms. The van der Waals surface area contributed by atoms with Gasteiger partial charge in [-0.3, -0.25) is 15.0 Å². The molecule has 0 unspecified atom stereocenters. The van der Waals surface area contributed by atoms with Gasteiger partial charge in [0, 0.05) is 30.4 Å². The van der Waals surface area contributed by atoms with Gasteiger partial charge >= 0.3 is 6.09 Å². The second kappa shape index (κ2) is 6.35. The molecular formula is C15H20BrN3O4. The zero-order valence-electron chi connectivity index (χ0n) is 13.3. The maximum absolute atomic E-state index is 11.6. The molecule has 0 bridgehead atoms. The Hall–Kier alpha value is -1.83. The van der Waals surface area contributed by atoms with Crippen molar-refractivity contribution in [2.45, 2.75) is 38.8 Å². The molecule has 8 heteroatoms. The first-order chi connectivity index (χ1) is 10.6. The fourth-order valence-corrected chi connectivity index (χ4v) is 3.53. The van der Waals surface area contributed by atoms with Crippen LogP contribution in [0.5, 0.6) is 0 Å². The SMILES string of the molecule is CC(C)(C)N(C(=O)O)[C@H]1CCN(c2ccc([N+](=O)[O-])c(Br)c2)C1. The minimum absolute atomic E-state index is 0.0198. The second-order valence-electron chi connectivity index (χ2n) is 6.60. The van der Waals surface area contributed by atoms with Gasteiger partial charge in [-0.15, -0.1) is 0 Å². The maximum Gasteiger partial charge on any atom is 0.408 e. The molecule has 0 aliphatic carbocycles. The van der Waals surface area contributed by atoms with E-state index in [9.17, 15) is 20.0 Å². The number of halogens is 1. The average molecular weight is 386 g/mol. The average Bonchev–Trinajstić information content (AvgIpc) is 2.85. The molecule has 1 N–H and O–H groups in total. The van der Waals surface area contributed by atoms with Gasteiger partial charge in [0.15, 0.2) is 0 Å². The number of nitro groups is 1. The van der Waals surface area contributed by atoms with Crippen molar-refractivity contribution in [3.63, 3.8) is 0 Å². The molecule has 1 saturated heterocycles. The number of hydrogen-bond acceptors (Lipinski definition) is 4. The minimum Gasteiger partial charge on any atom is -0.465 e. The van der Waals surface area contributed by atoms with Gasteiger partial charge in [0.05, 0.1) is 15.4 Å². The van der Waals surface area contributed by atoms with Crippen LogP contribution in [-0.4, -0.2) is 45.7 Å². The lowest BCUT2D eigenvalue weighted by molar-refractivity contribution is -0.385. The van der Waals surface area contributed by atoms with Crippen LogP contribution in [0.2, 0.25) is 0 Å². The highest BCUT2D eigenvalue weighted by molar-refractivity contribution is 9.10. The Morgan fingerprint density at radius 1 is 1.48 bits per heavy atom. The van der Waals surface area contributed by atoms with Crippen LogP contribution in [0.1, 0.15) is 27.2 Å². The van der Waals surface area contributed by atoms with Crippen molar-refractivity contribution in [2.24, 2.45) is 0 Å². The van der Waals surface area contributed by atoms with Gasteiger partial charge in [0.1, 0.15) is 0 Å². The van der Waals surface area contributed by atoms with Crippen LogP contribution >= 0.6 is 15.9 Å². The van der Waals surface area contributed by atoms with E-state index in [1.807, 2.05) is 20.8 Å². The van der Waals surface area contributed by atoms with Crippen LogP contribution in [-0.2, 0) is 0 Å². The van der Waals surface area contributed by atoms with E-state index in [0.717, 1.165) is 18.7 Å². The van der Waals surface area contributed by atoms with Crippen molar-refractivity contribution in [3.05, 3.63) is 32.8 Å². The summed E-state index contributed by atoms with van der Waals surface area (Å²) in [5.74, 6) is 0. The molecule has 1 aromatic carbocycles. The van der Waals surface area contributed by atoms with Gasteiger partial charge in [-0.25, -0.2) is 4.79 Å². The summed E-state index contributed by atoms with van der Waals surface area (Å²) in [6, 6.07) is 4.78. The highest BCUT2D eigenvalue weighted by Crippen LogP contribution is 2.32. The molecule has 0 aromatic heterocycles. The first-order valence-corrected chi connectivity index (χ1v) is 8.11. The molecule has 1 aliphatic rings. The van der Waals surface area contributed by atoms with Gasteiger partial charge in [-0.2, -0.15) is 0 Å². The second-order valence-corrected chi connectivity index (χ2v) is 7.46. The first-order valence-electron chi connectivity index (χ1n) is 7.32. The molecule has 126 valence electrons. The summed E-state index contributed by atoms with van der Waals surface area (Å²) in [6.45, 7) is 6.94. The summed E-state index contributed by atoms with van der Waals surface area (Å²) in [6.07, 6.45) is -0.188. The van der Waals surface area contributed by atoms with Crippen molar-refractivity contribution < 1.29 is 14.8 Å². The van der Waals surface area contributed by atoms with Crippen LogP contribution < -0.4 is 4.90 Å². The molecule has 23 heavy (non-hydrogen) atoms. The molecule has 1 aromatic rings. The van der Waals surface area contributed by atoms with E-state index in [1.54, 1.807) is 12.1 Å². The Labute approximate surface area is 143 Å². The minimum atomic E-state index is -0.922. The topological polar surface area (TPSA) is 86.9 Å². The Kier molecular flexibility index (Phi) is 4.84. The Morgan fingerprint density at radius 3 is 2.61 bits per heavy atom. The summed E-state index contributed by atoms with van der Waals surface area (Å²) < 4.78 is 0.425. The summed E-state index contributed by atoms with van der Waals surface area (Å²) >= 11 is 3.22. The summed E-state index contributed by atoms with van der Waals surface area (Å²) in [5, 5.41) is 20.4. The standard InChI is InChI=1S/C15H20BrN3O4/c1-15(2,3)18(14(20)21)11-6-7-17(9-11)10-4-5-13(19(22)23)12(16)8-10/h4-5,8,11H,6-7,9H2,1-3H3,(H,20,21)/t11-/m0/s1. The molecule has 1 atom stereocenters. The van der Waals surface area contributed by atoms with E-state index in [-0.39, 0.29) is 11.7 Å². The fourth-order valence-electron chi connectivity index (χ4n) is 3.02. The zero-order chi connectivity index (χ0) is 17.4. The van der Waals surface area contributed by atoms with Crippen molar-refractivity contribution in [3.8, 4) is 0 Å². The van der Waals surface area contributed by atoms with Crippen molar-refractivity contribution in [1.29, 1.82) is 0 Å². The van der Waals surface area contributed by atoms with E-state index in [4.69, 9.17) is 0 Å². The zero-order valence-corrected chi connectivity index (χ0v) is 14.9. The third-order valence-corrected chi connectivity index (χ3v) is 4.59. The van der Waals surface area contributed by atoms with Crippen LogP contribution in [0.25, 0.3) is 0 Å². The van der Waals surface area contributed by atoms with E-state index < -0.39 is 16.6 Å². The number of hydrogen-bond donors (Lipinski definition) is 1. The van der Waals surface area contributed by atoms with Crippen LogP contribution in [0.4, 0.5) is 16.2 Å². The van der Waals surface area contributed by atoms with Gasteiger partial charge in [-0.05, 0) is 55.3 Å². The normalized spacial score (nSPS) is 18.1. The maximum atomic E-state index is 11.6. The lowest BCUT2D eigenvalue weighted by Gasteiger charge is -2.38. The highest BCUT2D eigenvalue weighted by atomic mass is 79.9. The van der Waals surface area contributed by atoms with E-state index in [1.165, 1.54) is 11.0 Å². The molecule has 7 nitrogen and oxygen atoms in total. The van der Waals surface area contributed by atoms with Crippen molar-refractivity contribution in [2.75, 3.05) is 18.0 Å². The van der Waals surface area contributed by atoms with Gasteiger partial charge in [0.2, 0.25) is 0 Å². The number of amides is 1. The number of nitro benzene ring substituents is 1. The van der Waals surface area contributed by atoms with E-state index in [0.29, 0.717) is 11.0 Å². The van der Waals surface area contributed by atoms with Gasteiger partial charge in [0.25, 0.3) is 5.69 Å². The summed E-state index contributed by atoms with van der Waals surface area (Å²) in [4.78, 5) is 25.6. The number of benzene rings is 1. The number of rotatable bonds is 3. The van der Waals surface area contributed by atoms with Crippen LogP contribution in [0.15, 0.2) is 22.7 Å². The molecule has 0 saturated carbocycles. The fraction of sp³-hybridized carbons (Fsp3) is 0.533. The first kappa shape index (κ1) is 17.5. The number of anilines is 1. The van der Waals surface area contributed by atoms with E-state index in [2.05, 4.69) is 20.8 Å². The third kappa shape index (κ3) is 3.74. The number of carbonyl (C=O) groups is 1. The largest absolute Gasteiger partial charge is 0.465 e. The monoisotopic (exact) mass is 385 g/mol. The number of nitrogens with zero attached hydrogens (tertiary/aromatic N) is 3. The molecule has 2 rings (SSSR count). The van der Waals surface area contributed by atoms with Gasteiger partial charge < -0.3 is 10.0 Å². The smallest absolute Gasteiger partial charge is 0.408 e. The Morgan fingerprint density at radius 2 is 2.13 bits per heavy atom. The summed E-state index contributed by atoms with van der Waals surface area (Å²) in [5.41, 5.74) is 0.401. The molecule has 1 amide bonds. The predicted octanol–water partition coefficient (Wildman–Crippen LogP) is 3.71. The molecule has 1 fully saturated rings. The lowest BCUT2D eigenvalue weighted by atomic mass is 10.0. The van der Waals surface area contributed by atoms with Crippen LogP contribution in [0.3, 0.4) is 0 Å². The van der Waals surface area contributed by atoms with E-state index >= 15 is 0 Å². The van der Waals surface area contributed by atoms with Gasteiger partial charge in [-0.1, -0.05) is 0 Å². The molecule has 0 radical (unpaired) electrons. The summed E-state index contributed by atoms with van der Waals surface area (Å²) in [7, 11) is 0. The highest BCUT2D eigenvalue weighted by Gasteiger charge is 2.37. The Balaban J connectivity index is 2.18. The molecular weight excluding hydrogens is 366 g/mol. The van der Waals surface area contributed by atoms with Crippen molar-refractivity contribution in [1.82, 2.24) is 4.90 Å². The third-order valence-electron chi connectivity index (χ3n) is 3.95. The predicted molar refractivity (Wildman–Crippen MR) is 91.0 cm³/mol. The molecule has 1 heterocycles. The quantitative estimate of drug-likeness (QED) is 0.632. The van der Waals surface area contributed by atoms with Crippen molar-refractivity contribution >= 4 is 33.4 Å². The Bertz CT molecular complexity index is 630. The molecule has 1 aliphatic heterocycles.